The SMILES string of the molecule is CO[C@@H](CNS(=O)(=O)c1cnn(C)c1)c1ccc(Cl)s1. The van der Waals surface area contributed by atoms with Crippen molar-refractivity contribution in [3.05, 3.63) is 33.7 Å². The molecule has 1 N–H and O–H groups in total. The number of halogens is 1. The monoisotopic (exact) mass is 335 g/mol. The van der Waals surface area contributed by atoms with Gasteiger partial charge >= 0.3 is 0 Å². The van der Waals surface area contributed by atoms with Crippen molar-refractivity contribution in [1.29, 1.82) is 0 Å². The molecule has 9 heteroatoms. The van der Waals surface area contributed by atoms with E-state index in [0.717, 1.165) is 4.88 Å². The predicted molar refractivity (Wildman–Crippen MR) is 77.5 cm³/mol. The summed E-state index contributed by atoms with van der Waals surface area (Å²) in [4.78, 5) is 0.991. The van der Waals surface area contributed by atoms with Gasteiger partial charge in [0.2, 0.25) is 10.0 Å². The maximum absolute atomic E-state index is 12.1. The van der Waals surface area contributed by atoms with Gasteiger partial charge < -0.3 is 4.74 Å². The van der Waals surface area contributed by atoms with Gasteiger partial charge in [-0.15, -0.1) is 11.3 Å². The van der Waals surface area contributed by atoms with E-state index in [4.69, 9.17) is 16.3 Å². The van der Waals surface area contributed by atoms with E-state index in [1.165, 1.54) is 35.5 Å². The summed E-state index contributed by atoms with van der Waals surface area (Å²) in [5.41, 5.74) is 0. The zero-order valence-electron chi connectivity index (χ0n) is 10.9. The fourth-order valence-electron chi connectivity index (χ4n) is 1.61. The van der Waals surface area contributed by atoms with Crippen molar-refractivity contribution in [1.82, 2.24) is 14.5 Å². The lowest BCUT2D eigenvalue weighted by molar-refractivity contribution is 0.110. The minimum atomic E-state index is -3.59. The minimum absolute atomic E-state index is 0.124. The number of ether oxygens (including phenoxy) is 1. The van der Waals surface area contributed by atoms with Crippen LogP contribution in [0.15, 0.2) is 29.4 Å². The second-order valence-electron chi connectivity index (χ2n) is 4.07. The molecule has 0 aliphatic carbocycles. The van der Waals surface area contributed by atoms with Crippen LogP contribution >= 0.6 is 22.9 Å². The molecule has 2 aromatic heterocycles. The van der Waals surface area contributed by atoms with Gasteiger partial charge in [-0.05, 0) is 12.1 Å². The van der Waals surface area contributed by atoms with Crippen LogP contribution in [-0.2, 0) is 21.8 Å². The summed E-state index contributed by atoms with van der Waals surface area (Å²) in [5.74, 6) is 0. The topological polar surface area (TPSA) is 73.2 Å². The fourth-order valence-corrected chi connectivity index (χ4v) is 3.76. The lowest BCUT2D eigenvalue weighted by atomic mass is 10.3. The van der Waals surface area contributed by atoms with Crippen molar-refractivity contribution >= 4 is 33.0 Å². The fraction of sp³-hybridized carbons (Fsp3) is 0.364. The molecule has 110 valence electrons. The Balaban J connectivity index is 2.06. The van der Waals surface area contributed by atoms with Gasteiger partial charge in [0.1, 0.15) is 11.0 Å². The van der Waals surface area contributed by atoms with Crippen molar-refractivity contribution in [2.45, 2.75) is 11.0 Å². The van der Waals surface area contributed by atoms with Crippen LogP contribution < -0.4 is 4.72 Å². The number of hydrogen-bond donors (Lipinski definition) is 1. The van der Waals surface area contributed by atoms with E-state index < -0.39 is 10.0 Å². The van der Waals surface area contributed by atoms with Crippen LogP contribution in [0.3, 0.4) is 0 Å². The third kappa shape index (κ3) is 3.58. The second-order valence-corrected chi connectivity index (χ2v) is 7.58. The van der Waals surface area contributed by atoms with Gasteiger partial charge in [0.25, 0.3) is 0 Å². The van der Waals surface area contributed by atoms with Crippen LogP contribution in [0, 0.1) is 0 Å². The standard InChI is InChI=1S/C11H14ClN3O3S2/c1-15-7-8(5-13-15)20(16,17)14-6-9(18-2)10-3-4-11(12)19-10/h3-5,7,9,14H,6H2,1-2H3/t9-/m0/s1. The summed E-state index contributed by atoms with van der Waals surface area (Å²) in [6, 6.07) is 3.57. The molecule has 6 nitrogen and oxygen atoms in total. The highest BCUT2D eigenvalue weighted by Gasteiger charge is 2.20. The number of rotatable bonds is 6. The van der Waals surface area contributed by atoms with Crippen LogP contribution in [0.1, 0.15) is 11.0 Å². The highest BCUT2D eigenvalue weighted by Crippen LogP contribution is 2.28. The molecule has 0 radical (unpaired) electrons. The normalized spacial score (nSPS) is 13.6. The van der Waals surface area contributed by atoms with Crippen molar-refractivity contribution < 1.29 is 13.2 Å². The van der Waals surface area contributed by atoms with Gasteiger partial charge in [0.15, 0.2) is 0 Å². The molecule has 0 aliphatic heterocycles. The molecule has 0 saturated heterocycles. The number of nitrogens with one attached hydrogen (secondary N) is 1. The Morgan fingerprint density at radius 1 is 1.55 bits per heavy atom. The first-order chi connectivity index (χ1) is 9.42. The van der Waals surface area contributed by atoms with Gasteiger partial charge in [-0.1, -0.05) is 11.6 Å². The number of thiophene rings is 1. The lowest BCUT2D eigenvalue weighted by Gasteiger charge is -2.14. The zero-order chi connectivity index (χ0) is 14.8. The van der Waals surface area contributed by atoms with Crippen molar-refractivity contribution in [3.8, 4) is 0 Å². The number of aryl methyl sites for hydroxylation is 1. The Bertz CT molecular complexity index is 681. The average Bonchev–Trinajstić information content (AvgIpc) is 2.99. The smallest absolute Gasteiger partial charge is 0.243 e. The van der Waals surface area contributed by atoms with E-state index >= 15 is 0 Å². The Kier molecular flexibility index (Phi) is 4.82. The van der Waals surface area contributed by atoms with Crippen molar-refractivity contribution in [2.75, 3.05) is 13.7 Å². The number of hydrogen-bond acceptors (Lipinski definition) is 5. The van der Waals surface area contributed by atoms with Crippen LogP contribution in [0.4, 0.5) is 0 Å². The van der Waals surface area contributed by atoms with Crippen LogP contribution in [0.2, 0.25) is 4.34 Å². The van der Waals surface area contributed by atoms with Crippen molar-refractivity contribution in [3.63, 3.8) is 0 Å². The van der Waals surface area contributed by atoms with E-state index in [1.54, 1.807) is 13.1 Å². The molecule has 2 aromatic rings. The summed E-state index contributed by atoms with van der Waals surface area (Å²) >= 11 is 7.22. The quantitative estimate of drug-likeness (QED) is 0.873. The number of nitrogens with zero attached hydrogens (tertiary/aromatic N) is 2. The molecule has 0 aromatic carbocycles. The first-order valence-electron chi connectivity index (χ1n) is 5.68. The minimum Gasteiger partial charge on any atom is -0.375 e. The van der Waals surface area contributed by atoms with Crippen LogP contribution in [0.5, 0.6) is 0 Å². The molecule has 0 spiro atoms. The first-order valence-corrected chi connectivity index (χ1v) is 8.36. The number of aromatic nitrogens is 2. The Hall–Kier alpha value is -0.930. The molecular weight excluding hydrogens is 322 g/mol. The predicted octanol–water partition coefficient (Wildman–Crippen LogP) is 1.80. The Labute approximate surface area is 126 Å². The second kappa shape index (κ2) is 6.23. The molecule has 0 unspecified atom stereocenters. The molecule has 20 heavy (non-hydrogen) atoms. The Morgan fingerprint density at radius 2 is 2.30 bits per heavy atom. The summed E-state index contributed by atoms with van der Waals surface area (Å²) < 4.78 is 34.0. The van der Waals surface area contributed by atoms with Crippen LogP contribution in [0.25, 0.3) is 0 Å². The van der Waals surface area contributed by atoms with E-state index in [-0.39, 0.29) is 17.5 Å². The van der Waals surface area contributed by atoms with Gasteiger partial charge in [-0.3, -0.25) is 4.68 Å². The zero-order valence-corrected chi connectivity index (χ0v) is 13.3. The third-order valence-electron chi connectivity index (χ3n) is 2.65. The highest BCUT2D eigenvalue weighted by atomic mass is 35.5. The molecule has 0 bridgehead atoms. The lowest BCUT2D eigenvalue weighted by Crippen LogP contribution is -2.28. The first kappa shape index (κ1) is 15.5. The summed E-state index contributed by atoms with van der Waals surface area (Å²) in [6.45, 7) is 0.130. The number of sulfonamides is 1. The average molecular weight is 336 g/mol. The number of methoxy groups -OCH3 is 1. The van der Waals surface area contributed by atoms with E-state index in [2.05, 4.69) is 9.82 Å². The Morgan fingerprint density at radius 3 is 2.80 bits per heavy atom. The molecule has 0 saturated carbocycles. The van der Waals surface area contributed by atoms with E-state index in [9.17, 15) is 8.42 Å². The van der Waals surface area contributed by atoms with E-state index in [0.29, 0.717) is 4.34 Å². The van der Waals surface area contributed by atoms with Gasteiger partial charge in [0, 0.05) is 31.8 Å². The van der Waals surface area contributed by atoms with Gasteiger partial charge in [-0.25, -0.2) is 13.1 Å². The molecule has 2 heterocycles. The molecule has 1 atom stereocenters. The third-order valence-corrected chi connectivity index (χ3v) is 5.35. The molecule has 2 rings (SSSR count). The maximum Gasteiger partial charge on any atom is 0.243 e. The molecule has 0 fully saturated rings. The molecule has 0 aliphatic rings. The van der Waals surface area contributed by atoms with Gasteiger partial charge in [-0.2, -0.15) is 5.10 Å². The maximum atomic E-state index is 12.1. The largest absolute Gasteiger partial charge is 0.375 e. The van der Waals surface area contributed by atoms with E-state index in [1.807, 2.05) is 6.07 Å². The van der Waals surface area contributed by atoms with Gasteiger partial charge in [0.05, 0.1) is 10.5 Å². The summed E-state index contributed by atoms with van der Waals surface area (Å²) in [6.07, 6.45) is 2.36. The van der Waals surface area contributed by atoms with Crippen molar-refractivity contribution in [2.24, 2.45) is 7.05 Å². The summed E-state index contributed by atoms with van der Waals surface area (Å²) in [5, 5.41) is 3.84. The molecular formula is C11H14ClN3O3S2. The summed E-state index contributed by atoms with van der Waals surface area (Å²) in [7, 11) is -0.406. The highest BCUT2D eigenvalue weighted by molar-refractivity contribution is 7.89. The van der Waals surface area contributed by atoms with Crippen LogP contribution in [-0.4, -0.2) is 31.9 Å². The molecule has 0 amide bonds.